The van der Waals surface area contributed by atoms with Gasteiger partial charge in [-0.3, -0.25) is 15.0 Å². The van der Waals surface area contributed by atoms with E-state index in [0.717, 1.165) is 41.7 Å². The maximum Gasteiger partial charge on any atom is 0.275 e. The van der Waals surface area contributed by atoms with Crippen LogP contribution in [0.4, 0.5) is 10.8 Å². The van der Waals surface area contributed by atoms with E-state index in [2.05, 4.69) is 15.2 Å². The zero-order chi connectivity index (χ0) is 15.5. The van der Waals surface area contributed by atoms with Gasteiger partial charge in [0.1, 0.15) is 0 Å². The normalized spacial score (nSPS) is 15.5. The first-order valence-corrected chi connectivity index (χ1v) is 8.14. The molecule has 2 heterocycles. The zero-order valence-electron chi connectivity index (χ0n) is 12.1. The highest BCUT2D eigenvalue weighted by molar-refractivity contribution is 7.22. The maximum absolute atomic E-state index is 11.3. The van der Waals surface area contributed by atoms with E-state index in [1.165, 1.54) is 11.3 Å². The molecule has 1 fully saturated rings. The summed E-state index contributed by atoms with van der Waals surface area (Å²) < 4.78 is 0.789. The second-order valence-electron chi connectivity index (χ2n) is 5.36. The van der Waals surface area contributed by atoms with Gasteiger partial charge in [0, 0.05) is 24.7 Å². The Hall–Kier alpha value is -1.77. The minimum absolute atomic E-state index is 0.0241. The minimum Gasteiger partial charge on any atom is -0.395 e. The van der Waals surface area contributed by atoms with Crippen molar-refractivity contribution in [1.82, 2.24) is 9.88 Å². The number of aliphatic hydroxyl groups excluding tert-OH is 1. The number of benzene rings is 1. The number of aromatic nitrogens is 1. The van der Waals surface area contributed by atoms with Crippen molar-refractivity contribution in [2.75, 3.05) is 31.6 Å². The molecule has 2 aromatic rings. The van der Waals surface area contributed by atoms with Crippen LogP contribution in [-0.4, -0.2) is 46.2 Å². The third-order valence-electron chi connectivity index (χ3n) is 3.77. The molecule has 118 valence electrons. The standard InChI is InChI=1S/C14H18N4O3S/c19-6-3-15-14-16-11-7-10(9-17-4-1-2-5-17)12(18(20)21)8-13(11)22-14/h7-8,19H,1-6,9H2,(H,15,16). The van der Waals surface area contributed by atoms with Crippen LogP contribution in [0.25, 0.3) is 10.2 Å². The summed E-state index contributed by atoms with van der Waals surface area (Å²) in [7, 11) is 0. The summed E-state index contributed by atoms with van der Waals surface area (Å²) in [6.45, 7) is 3.03. The van der Waals surface area contributed by atoms with Gasteiger partial charge in [-0.1, -0.05) is 11.3 Å². The fraction of sp³-hybridized carbons (Fsp3) is 0.500. The SMILES string of the molecule is O=[N+]([O-])c1cc2sc(NCCO)nc2cc1CN1CCCC1. The van der Waals surface area contributed by atoms with Gasteiger partial charge >= 0.3 is 0 Å². The molecular formula is C14H18N4O3S. The number of nitrogens with one attached hydrogen (secondary N) is 1. The highest BCUT2D eigenvalue weighted by Gasteiger charge is 2.21. The van der Waals surface area contributed by atoms with Crippen LogP contribution in [0, 0.1) is 10.1 Å². The van der Waals surface area contributed by atoms with E-state index in [4.69, 9.17) is 5.11 Å². The summed E-state index contributed by atoms with van der Waals surface area (Å²) in [4.78, 5) is 17.7. The van der Waals surface area contributed by atoms with Crippen LogP contribution in [0.3, 0.4) is 0 Å². The Labute approximate surface area is 131 Å². The van der Waals surface area contributed by atoms with Crippen molar-refractivity contribution in [3.8, 4) is 0 Å². The van der Waals surface area contributed by atoms with Crippen LogP contribution in [0.2, 0.25) is 0 Å². The minimum atomic E-state index is -0.314. The molecule has 7 nitrogen and oxygen atoms in total. The quantitative estimate of drug-likeness (QED) is 0.626. The fourth-order valence-electron chi connectivity index (χ4n) is 2.72. The van der Waals surface area contributed by atoms with Gasteiger partial charge in [0.05, 0.1) is 21.7 Å². The van der Waals surface area contributed by atoms with Crippen LogP contribution in [0.15, 0.2) is 12.1 Å². The lowest BCUT2D eigenvalue weighted by molar-refractivity contribution is -0.385. The summed E-state index contributed by atoms with van der Waals surface area (Å²) >= 11 is 1.37. The van der Waals surface area contributed by atoms with E-state index in [0.29, 0.717) is 18.2 Å². The van der Waals surface area contributed by atoms with Crippen molar-refractivity contribution in [3.63, 3.8) is 0 Å². The van der Waals surface area contributed by atoms with Crippen molar-refractivity contribution < 1.29 is 10.0 Å². The molecule has 0 atom stereocenters. The topological polar surface area (TPSA) is 91.5 Å². The first-order chi connectivity index (χ1) is 10.7. The monoisotopic (exact) mass is 322 g/mol. The number of thiazole rings is 1. The first-order valence-electron chi connectivity index (χ1n) is 7.32. The molecule has 3 rings (SSSR count). The van der Waals surface area contributed by atoms with Gasteiger partial charge in [0.2, 0.25) is 0 Å². The van der Waals surface area contributed by atoms with Gasteiger partial charge in [-0.2, -0.15) is 0 Å². The lowest BCUT2D eigenvalue weighted by atomic mass is 10.1. The molecule has 0 radical (unpaired) electrons. The molecule has 0 aliphatic carbocycles. The summed E-state index contributed by atoms with van der Waals surface area (Å²) in [5, 5.41) is 23.9. The van der Waals surface area contributed by atoms with Crippen molar-refractivity contribution >= 4 is 32.4 Å². The van der Waals surface area contributed by atoms with Crippen LogP contribution in [0.1, 0.15) is 18.4 Å². The number of nitrogens with zero attached hydrogens (tertiary/aromatic N) is 3. The van der Waals surface area contributed by atoms with Gasteiger partial charge in [0.15, 0.2) is 5.13 Å². The highest BCUT2D eigenvalue weighted by atomic mass is 32.1. The molecule has 2 N–H and O–H groups in total. The molecule has 8 heteroatoms. The van der Waals surface area contributed by atoms with E-state index in [1.54, 1.807) is 6.07 Å². The average molecular weight is 322 g/mol. The molecule has 1 aromatic heterocycles. The molecule has 0 spiro atoms. The van der Waals surface area contributed by atoms with E-state index < -0.39 is 0 Å². The number of likely N-dealkylation sites (tertiary alicyclic amines) is 1. The molecule has 0 amide bonds. The number of hydrogen-bond acceptors (Lipinski definition) is 7. The Bertz CT molecular complexity index is 682. The third-order valence-corrected chi connectivity index (χ3v) is 4.74. The van der Waals surface area contributed by atoms with E-state index in [-0.39, 0.29) is 17.2 Å². The van der Waals surface area contributed by atoms with Gasteiger partial charge in [-0.05, 0) is 32.0 Å². The number of aliphatic hydroxyl groups is 1. The van der Waals surface area contributed by atoms with Gasteiger partial charge in [0.25, 0.3) is 5.69 Å². The number of nitro groups is 1. The van der Waals surface area contributed by atoms with Crippen molar-refractivity contribution in [2.24, 2.45) is 0 Å². The van der Waals surface area contributed by atoms with Crippen LogP contribution < -0.4 is 5.32 Å². The van der Waals surface area contributed by atoms with Crippen LogP contribution >= 0.6 is 11.3 Å². The lowest BCUT2D eigenvalue weighted by Gasteiger charge is -2.14. The predicted molar refractivity (Wildman–Crippen MR) is 86.4 cm³/mol. The molecule has 1 aromatic carbocycles. The van der Waals surface area contributed by atoms with Crippen molar-refractivity contribution in [3.05, 3.63) is 27.8 Å². The number of hydrogen-bond donors (Lipinski definition) is 2. The largest absolute Gasteiger partial charge is 0.395 e. The number of rotatable bonds is 6. The summed E-state index contributed by atoms with van der Waals surface area (Å²) in [6.07, 6.45) is 2.31. The zero-order valence-corrected chi connectivity index (χ0v) is 12.9. The molecule has 0 saturated carbocycles. The van der Waals surface area contributed by atoms with Crippen molar-refractivity contribution in [1.29, 1.82) is 0 Å². The average Bonchev–Trinajstić information content (AvgIpc) is 3.12. The molecule has 1 aliphatic rings. The Kier molecular flexibility index (Phi) is 4.51. The fourth-order valence-corrected chi connectivity index (χ4v) is 3.63. The van der Waals surface area contributed by atoms with E-state index in [9.17, 15) is 10.1 Å². The van der Waals surface area contributed by atoms with Crippen LogP contribution in [0.5, 0.6) is 0 Å². The van der Waals surface area contributed by atoms with Crippen LogP contribution in [-0.2, 0) is 6.54 Å². The Morgan fingerprint density at radius 2 is 2.18 bits per heavy atom. The second-order valence-corrected chi connectivity index (χ2v) is 6.39. The Morgan fingerprint density at radius 3 is 2.86 bits per heavy atom. The van der Waals surface area contributed by atoms with Gasteiger partial charge in [-0.15, -0.1) is 0 Å². The third kappa shape index (κ3) is 3.18. The Balaban J connectivity index is 1.93. The van der Waals surface area contributed by atoms with E-state index >= 15 is 0 Å². The molecular weight excluding hydrogens is 304 g/mol. The summed E-state index contributed by atoms with van der Waals surface area (Å²) in [6, 6.07) is 3.44. The summed E-state index contributed by atoms with van der Waals surface area (Å²) in [5.74, 6) is 0. The number of nitro benzene ring substituents is 1. The molecule has 0 bridgehead atoms. The first kappa shape index (κ1) is 15.1. The van der Waals surface area contributed by atoms with E-state index in [1.807, 2.05) is 6.07 Å². The second kappa shape index (κ2) is 6.55. The smallest absolute Gasteiger partial charge is 0.275 e. The number of anilines is 1. The molecule has 1 saturated heterocycles. The highest BCUT2D eigenvalue weighted by Crippen LogP contribution is 2.33. The van der Waals surface area contributed by atoms with Gasteiger partial charge < -0.3 is 10.4 Å². The van der Waals surface area contributed by atoms with Crippen molar-refractivity contribution in [2.45, 2.75) is 19.4 Å². The summed E-state index contributed by atoms with van der Waals surface area (Å²) in [5.41, 5.74) is 1.65. The lowest BCUT2D eigenvalue weighted by Crippen LogP contribution is -2.19. The Morgan fingerprint density at radius 1 is 1.41 bits per heavy atom. The number of fused-ring (bicyclic) bond motifs is 1. The molecule has 0 unspecified atom stereocenters. The molecule has 22 heavy (non-hydrogen) atoms. The predicted octanol–water partition coefficient (Wildman–Crippen LogP) is 2.20. The molecule has 1 aliphatic heterocycles. The van der Waals surface area contributed by atoms with Gasteiger partial charge in [-0.25, -0.2) is 4.98 Å². The maximum atomic E-state index is 11.3.